The molecule has 0 aliphatic heterocycles. The van der Waals surface area contributed by atoms with Gasteiger partial charge in [-0.05, 0) is 57.8 Å². The zero-order chi connectivity index (χ0) is 38.9. The molecule has 0 amide bonds. The summed E-state index contributed by atoms with van der Waals surface area (Å²) >= 11 is 0. The van der Waals surface area contributed by atoms with E-state index in [0.717, 1.165) is 64.2 Å². The highest BCUT2D eigenvalue weighted by Gasteiger charge is 2.26. The van der Waals surface area contributed by atoms with Crippen LogP contribution < -0.4 is 5.73 Å². The number of esters is 2. The van der Waals surface area contributed by atoms with Crippen LogP contribution in [0.4, 0.5) is 0 Å². The summed E-state index contributed by atoms with van der Waals surface area (Å²) in [6, 6.07) is 0. The van der Waals surface area contributed by atoms with E-state index in [9.17, 15) is 19.0 Å². The summed E-state index contributed by atoms with van der Waals surface area (Å²) in [5.74, 6) is -0.836. The molecular formula is C43H82NO8P. The van der Waals surface area contributed by atoms with E-state index in [2.05, 4.69) is 38.2 Å². The number of unbranched alkanes of at least 4 members (excludes halogenated alkanes) is 24. The third-order valence-corrected chi connectivity index (χ3v) is 10.3. The zero-order valence-electron chi connectivity index (χ0n) is 34.3. The fourth-order valence-corrected chi connectivity index (χ4v) is 6.79. The minimum Gasteiger partial charge on any atom is -0.462 e. The molecule has 0 spiro atoms. The number of carbonyl (C=O) groups excluding carboxylic acids is 2. The lowest BCUT2D eigenvalue weighted by molar-refractivity contribution is -0.161. The second-order valence-corrected chi connectivity index (χ2v) is 16.0. The van der Waals surface area contributed by atoms with Gasteiger partial charge in [0.2, 0.25) is 0 Å². The standard InChI is InChI=1S/C43H82NO8P/c1-3-5-7-9-11-13-15-16-17-18-19-20-21-22-23-24-26-28-30-32-34-36-43(46)52-41(40-51-53(47,48)50-38-37-44)39-49-42(45)35-33-31-29-27-25-14-12-10-8-6-4-2/h10,12,16-17,41H,3-9,11,13-15,18-40,44H2,1-2H3,(H,47,48)/t41-/m1/s1. The van der Waals surface area contributed by atoms with Crippen molar-refractivity contribution in [3.05, 3.63) is 24.3 Å². The van der Waals surface area contributed by atoms with Gasteiger partial charge in [-0.3, -0.25) is 18.6 Å². The number of phosphoric ester groups is 1. The molecular weight excluding hydrogens is 689 g/mol. The Morgan fingerprint density at radius 3 is 1.40 bits per heavy atom. The maximum atomic E-state index is 12.6. The Kier molecular flexibility index (Phi) is 39.0. The highest BCUT2D eigenvalue weighted by atomic mass is 31.2. The molecule has 0 radical (unpaired) electrons. The van der Waals surface area contributed by atoms with Gasteiger partial charge in [0, 0.05) is 19.4 Å². The third-order valence-electron chi connectivity index (χ3n) is 9.31. The van der Waals surface area contributed by atoms with E-state index in [-0.39, 0.29) is 32.6 Å². The summed E-state index contributed by atoms with van der Waals surface area (Å²) in [5, 5.41) is 0. The maximum Gasteiger partial charge on any atom is 0.472 e. The van der Waals surface area contributed by atoms with Gasteiger partial charge in [-0.15, -0.1) is 0 Å². The van der Waals surface area contributed by atoms with Crippen LogP contribution in [0.3, 0.4) is 0 Å². The van der Waals surface area contributed by atoms with Gasteiger partial charge >= 0.3 is 19.8 Å². The summed E-state index contributed by atoms with van der Waals surface area (Å²) in [7, 11) is -4.37. The fourth-order valence-electron chi connectivity index (χ4n) is 6.02. The van der Waals surface area contributed by atoms with Gasteiger partial charge < -0.3 is 20.1 Å². The maximum absolute atomic E-state index is 12.6. The highest BCUT2D eigenvalue weighted by Crippen LogP contribution is 2.43. The Balaban J connectivity index is 4.07. The summed E-state index contributed by atoms with van der Waals surface area (Å²) in [6.07, 6.45) is 42.1. The van der Waals surface area contributed by atoms with Crippen LogP contribution in [-0.4, -0.2) is 49.3 Å². The molecule has 0 saturated heterocycles. The van der Waals surface area contributed by atoms with Crippen molar-refractivity contribution in [2.24, 2.45) is 5.73 Å². The molecule has 0 heterocycles. The lowest BCUT2D eigenvalue weighted by atomic mass is 10.0. The normalized spacial score (nSPS) is 13.5. The quantitative estimate of drug-likeness (QED) is 0.0269. The number of hydrogen-bond donors (Lipinski definition) is 2. The first-order chi connectivity index (χ1) is 25.8. The molecule has 0 saturated carbocycles. The third kappa shape index (κ3) is 40.0. The first-order valence-electron chi connectivity index (χ1n) is 21.8. The summed E-state index contributed by atoms with van der Waals surface area (Å²) < 4.78 is 32.7. The molecule has 312 valence electrons. The van der Waals surface area contributed by atoms with Gasteiger partial charge in [0.15, 0.2) is 6.10 Å². The van der Waals surface area contributed by atoms with Gasteiger partial charge in [-0.2, -0.15) is 0 Å². The lowest BCUT2D eigenvalue weighted by Crippen LogP contribution is -2.29. The molecule has 0 aromatic heterocycles. The molecule has 0 rings (SSSR count). The van der Waals surface area contributed by atoms with Crippen molar-refractivity contribution >= 4 is 19.8 Å². The smallest absolute Gasteiger partial charge is 0.462 e. The van der Waals surface area contributed by atoms with Crippen LogP contribution >= 0.6 is 7.82 Å². The van der Waals surface area contributed by atoms with E-state index in [1.54, 1.807) is 0 Å². The van der Waals surface area contributed by atoms with Crippen molar-refractivity contribution in [1.82, 2.24) is 0 Å². The minimum atomic E-state index is -4.37. The molecule has 0 aliphatic carbocycles. The van der Waals surface area contributed by atoms with E-state index in [4.69, 9.17) is 24.3 Å². The topological polar surface area (TPSA) is 134 Å². The first kappa shape index (κ1) is 51.5. The predicted molar refractivity (Wildman–Crippen MR) is 220 cm³/mol. The molecule has 0 fully saturated rings. The van der Waals surface area contributed by atoms with Crippen molar-refractivity contribution in [3.8, 4) is 0 Å². The molecule has 3 N–H and O–H groups in total. The van der Waals surface area contributed by atoms with Crippen LogP contribution in [0, 0.1) is 0 Å². The number of rotatable bonds is 41. The van der Waals surface area contributed by atoms with Crippen LogP contribution in [0.25, 0.3) is 0 Å². The molecule has 0 bridgehead atoms. The van der Waals surface area contributed by atoms with Gasteiger partial charge in [0.25, 0.3) is 0 Å². The van der Waals surface area contributed by atoms with Gasteiger partial charge in [-0.1, -0.05) is 160 Å². The predicted octanol–water partition coefficient (Wildman–Crippen LogP) is 12.4. The van der Waals surface area contributed by atoms with Crippen LogP contribution in [0.1, 0.15) is 206 Å². The SMILES string of the molecule is CCCCC=CCCCCCCCC(=O)OC[C@H](COP(=O)(O)OCCN)OC(=O)CCCCCCCCCCCCCC=CCCCCCCCC. The number of carbonyl (C=O) groups is 2. The Morgan fingerprint density at radius 2 is 0.943 bits per heavy atom. The molecule has 53 heavy (non-hydrogen) atoms. The van der Waals surface area contributed by atoms with Crippen molar-refractivity contribution in [3.63, 3.8) is 0 Å². The zero-order valence-corrected chi connectivity index (χ0v) is 35.2. The van der Waals surface area contributed by atoms with Crippen molar-refractivity contribution in [1.29, 1.82) is 0 Å². The van der Waals surface area contributed by atoms with Crippen LogP contribution in [0.15, 0.2) is 24.3 Å². The lowest BCUT2D eigenvalue weighted by Gasteiger charge is -2.19. The molecule has 2 atom stereocenters. The summed E-state index contributed by atoms with van der Waals surface area (Å²) in [4.78, 5) is 34.8. The summed E-state index contributed by atoms with van der Waals surface area (Å²) in [5.41, 5.74) is 5.34. The van der Waals surface area contributed by atoms with Gasteiger partial charge in [0.1, 0.15) is 6.61 Å². The van der Waals surface area contributed by atoms with Crippen LogP contribution in [0.2, 0.25) is 0 Å². The molecule has 0 aromatic carbocycles. The Morgan fingerprint density at radius 1 is 0.547 bits per heavy atom. The monoisotopic (exact) mass is 772 g/mol. The number of allylic oxidation sites excluding steroid dienone is 4. The number of hydrogen-bond acceptors (Lipinski definition) is 8. The largest absolute Gasteiger partial charge is 0.472 e. The van der Waals surface area contributed by atoms with Crippen molar-refractivity contribution in [2.45, 2.75) is 213 Å². The van der Waals surface area contributed by atoms with E-state index < -0.39 is 32.5 Å². The van der Waals surface area contributed by atoms with E-state index in [0.29, 0.717) is 6.42 Å². The molecule has 9 nitrogen and oxygen atoms in total. The second-order valence-electron chi connectivity index (χ2n) is 14.6. The minimum absolute atomic E-state index is 0.0533. The molecule has 10 heteroatoms. The second kappa shape index (κ2) is 40.2. The number of phosphoric acid groups is 1. The van der Waals surface area contributed by atoms with Crippen molar-refractivity contribution < 1.29 is 37.6 Å². The Bertz CT molecular complexity index is 928. The van der Waals surface area contributed by atoms with Gasteiger partial charge in [0.05, 0.1) is 13.2 Å². The van der Waals surface area contributed by atoms with Crippen molar-refractivity contribution in [2.75, 3.05) is 26.4 Å². The number of nitrogens with two attached hydrogens (primary N) is 1. The van der Waals surface area contributed by atoms with E-state index in [1.165, 1.54) is 109 Å². The van der Waals surface area contributed by atoms with Crippen LogP contribution in [-0.2, 0) is 32.7 Å². The van der Waals surface area contributed by atoms with E-state index >= 15 is 0 Å². The summed E-state index contributed by atoms with van der Waals surface area (Å²) in [6.45, 7) is 3.69. The first-order valence-corrected chi connectivity index (χ1v) is 23.3. The highest BCUT2D eigenvalue weighted by molar-refractivity contribution is 7.47. The van der Waals surface area contributed by atoms with Gasteiger partial charge in [-0.25, -0.2) is 4.57 Å². The fraction of sp³-hybridized carbons (Fsp3) is 0.860. The molecule has 0 aliphatic rings. The average molecular weight is 772 g/mol. The Hall–Kier alpha value is -1.51. The molecule has 0 aromatic rings. The van der Waals surface area contributed by atoms with Crippen LogP contribution in [0.5, 0.6) is 0 Å². The Labute approximate surface area is 325 Å². The van der Waals surface area contributed by atoms with E-state index in [1.807, 2.05) is 0 Å². The average Bonchev–Trinajstić information content (AvgIpc) is 3.14. The number of ether oxygens (including phenoxy) is 2. The molecule has 1 unspecified atom stereocenters.